The fourth-order valence-electron chi connectivity index (χ4n) is 2.42. The minimum atomic E-state index is -0.833. The number of carboxylic acid groups (broad SMARTS) is 1. The molecule has 0 amide bonds. The van der Waals surface area contributed by atoms with Gasteiger partial charge in [-0.05, 0) is 36.4 Å². The average Bonchev–Trinajstić information content (AvgIpc) is 3.12. The van der Waals surface area contributed by atoms with Crippen molar-refractivity contribution in [3.63, 3.8) is 0 Å². The van der Waals surface area contributed by atoms with Gasteiger partial charge in [-0.1, -0.05) is 0 Å². The number of aliphatic carboxylic acids is 1. The number of rotatable bonds is 3. The zero-order valence-electron chi connectivity index (χ0n) is 14.5. The molecule has 0 fully saturated rings. The van der Waals surface area contributed by atoms with E-state index in [4.69, 9.17) is 15.6 Å². The number of nitrogens with zero attached hydrogens (tertiary/aromatic N) is 3. The van der Waals surface area contributed by atoms with Crippen LogP contribution < -0.4 is 11.1 Å². The fraction of sp³-hybridized carbons (Fsp3) is 0.0526. The van der Waals surface area contributed by atoms with E-state index >= 15 is 0 Å². The summed E-state index contributed by atoms with van der Waals surface area (Å²) in [4.78, 5) is 25.0. The summed E-state index contributed by atoms with van der Waals surface area (Å²) < 4.78 is 0. The number of nitrogens with two attached hydrogens (primary N) is 1. The molecule has 8 nitrogen and oxygen atoms in total. The number of nitrogens with one attached hydrogen (secondary N) is 2. The first kappa shape index (κ1) is 17.9. The van der Waals surface area contributed by atoms with E-state index in [1.165, 1.54) is 0 Å². The molecule has 27 heavy (non-hydrogen) atoms. The Bertz CT molecular complexity index is 1060. The highest BCUT2D eigenvalue weighted by molar-refractivity contribution is 5.84. The van der Waals surface area contributed by atoms with Gasteiger partial charge < -0.3 is 21.1 Å². The number of anilines is 3. The molecule has 0 spiro atoms. The molecule has 1 aromatic carbocycles. The number of hydrogen-bond acceptors (Lipinski definition) is 6. The smallest absolute Gasteiger partial charge is 0.300 e. The molecule has 8 heteroatoms. The topological polar surface area (TPSA) is 130 Å². The van der Waals surface area contributed by atoms with Gasteiger partial charge in [-0.15, -0.1) is 0 Å². The van der Waals surface area contributed by atoms with Crippen molar-refractivity contribution in [3.8, 4) is 11.3 Å². The molecule has 3 aromatic heterocycles. The maximum absolute atomic E-state index is 9.00. The lowest BCUT2D eigenvalue weighted by molar-refractivity contribution is -0.134. The summed E-state index contributed by atoms with van der Waals surface area (Å²) in [5.74, 6) is 0.0613. The highest BCUT2D eigenvalue weighted by atomic mass is 16.4. The molecule has 136 valence electrons. The van der Waals surface area contributed by atoms with Gasteiger partial charge in [0.05, 0.1) is 11.9 Å². The van der Waals surface area contributed by atoms with Crippen LogP contribution in [0.1, 0.15) is 6.92 Å². The second kappa shape index (κ2) is 7.96. The Morgan fingerprint density at radius 2 is 1.93 bits per heavy atom. The predicted molar refractivity (Wildman–Crippen MR) is 105 cm³/mol. The second-order valence-corrected chi connectivity index (χ2v) is 5.65. The Balaban J connectivity index is 0.000000481. The second-order valence-electron chi connectivity index (χ2n) is 5.65. The molecule has 4 rings (SSSR count). The van der Waals surface area contributed by atoms with Crippen molar-refractivity contribution in [1.29, 1.82) is 0 Å². The van der Waals surface area contributed by atoms with Gasteiger partial charge in [0.15, 0.2) is 11.6 Å². The summed E-state index contributed by atoms with van der Waals surface area (Å²) >= 11 is 0. The van der Waals surface area contributed by atoms with Crippen molar-refractivity contribution in [2.24, 2.45) is 0 Å². The van der Waals surface area contributed by atoms with Crippen LogP contribution in [0.2, 0.25) is 0 Å². The highest BCUT2D eigenvalue weighted by Gasteiger charge is 2.07. The number of aromatic nitrogens is 4. The summed E-state index contributed by atoms with van der Waals surface area (Å²) in [6.45, 7) is 1.08. The van der Waals surface area contributed by atoms with Crippen LogP contribution in [0.3, 0.4) is 0 Å². The molecular formula is C19H18N6O2. The van der Waals surface area contributed by atoms with Crippen molar-refractivity contribution in [3.05, 3.63) is 61.2 Å². The van der Waals surface area contributed by atoms with Gasteiger partial charge in [0.2, 0.25) is 0 Å². The molecule has 0 bridgehead atoms. The molecule has 0 aliphatic carbocycles. The molecular weight excluding hydrogens is 344 g/mol. The minimum absolute atomic E-state index is 0.358. The van der Waals surface area contributed by atoms with E-state index in [2.05, 4.69) is 25.3 Å². The summed E-state index contributed by atoms with van der Waals surface area (Å²) in [5, 5.41) is 11.8. The van der Waals surface area contributed by atoms with E-state index in [1.54, 1.807) is 18.6 Å². The number of benzene rings is 1. The Morgan fingerprint density at radius 1 is 1.19 bits per heavy atom. The number of H-pyrrole nitrogens is 1. The number of hydrogen-bond donors (Lipinski definition) is 4. The van der Waals surface area contributed by atoms with Crippen LogP contribution in [0.15, 0.2) is 61.2 Å². The third kappa shape index (κ3) is 4.57. The molecule has 0 saturated heterocycles. The Labute approximate surface area is 155 Å². The molecule has 3 heterocycles. The number of aromatic amines is 1. The van der Waals surface area contributed by atoms with Crippen LogP contribution >= 0.6 is 0 Å². The summed E-state index contributed by atoms with van der Waals surface area (Å²) in [6, 6.07) is 11.8. The molecule has 0 aliphatic heterocycles. The van der Waals surface area contributed by atoms with Crippen molar-refractivity contribution in [1.82, 2.24) is 19.9 Å². The third-order valence-electron chi connectivity index (χ3n) is 3.59. The zero-order chi connectivity index (χ0) is 19.2. The molecule has 5 N–H and O–H groups in total. The number of nitrogen functional groups attached to an aromatic ring is 1. The van der Waals surface area contributed by atoms with Gasteiger partial charge in [-0.3, -0.25) is 9.78 Å². The van der Waals surface area contributed by atoms with E-state index in [-0.39, 0.29) is 0 Å². The first-order valence-electron chi connectivity index (χ1n) is 8.09. The van der Waals surface area contributed by atoms with E-state index in [0.29, 0.717) is 11.6 Å². The van der Waals surface area contributed by atoms with Gasteiger partial charge in [0.25, 0.3) is 5.97 Å². The van der Waals surface area contributed by atoms with Gasteiger partial charge >= 0.3 is 0 Å². The number of fused-ring (bicyclic) bond motifs is 1. The van der Waals surface area contributed by atoms with E-state index < -0.39 is 5.97 Å². The molecule has 0 saturated carbocycles. The maximum Gasteiger partial charge on any atom is 0.300 e. The maximum atomic E-state index is 9.00. The Morgan fingerprint density at radius 3 is 2.67 bits per heavy atom. The number of pyridine rings is 1. The number of carboxylic acids is 1. The quantitative estimate of drug-likeness (QED) is 0.439. The standard InChI is InChI=1S/C17H14N6.C2H4O2/c18-16-17(22-13-1-2-14-12(9-13)5-8-20-14)23-15(10-21-16)11-3-6-19-7-4-11;1-2(3)4/h1-10,20H,(H2,18,21)(H,22,23);1H3,(H,3,4). The monoisotopic (exact) mass is 362 g/mol. The van der Waals surface area contributed by atoms with E-state index in [0.717, 1.165) is 34.8 Å². The highest BCUT2D eigenvalue weighted by Crippen LogP contribution is 2.25. The summed E-state index contributed by atoms with van der Waals surface area (Å²) in [5.41, 5.74) is 9.63. The van der Waals surface area contributed by atoms with Gasteiger partial charge in [0.1, 0.15) is 0 Å². The van der Waals surface area contributed by atoms with Gasteiger partial charge in [-0.25, -0.2) is 9.97 Å². The number of carbonyl (C=O) groups is 1. The van der Waals surface area contributed by atoms with Crippen LogP contribution in [0.25, 0.3) is 22.2 Å². The van der Waals surface area contributed by atoms with Crippen molar-refractivity contribution < 1.29 is 9.90 Å². The summed E-state index contributed by atoms with van der Waals surface area (Å²) in [7, 11) is 0. The summed E-state index contributed by atoms with van der Waals surface area (Å²) in [6.07, 6.45) is 7.01. The molecule has 4 aromatic rings. The largest absolute Gasteiger partial charge is 0.481 e. The molecule has 0 unspecified atom stereocenters. The van der Waals surface area contributed by atoms with Gasteiger partial charge in [-0.2, -0.15) is 0 Å². The van der Waals surface area contributed by atoms with E-state index in [9.17, 15) is 0 Å². The molecule has 0 atom stereocenters. The average molecular weight is 362 g/mol. The molecule has 0 aliphatic rings. The van der Waals surface area contributed by atoms with Crippen LogP contribution in [0.5, 0.6) is 0 Å². The first-order valence-corrected chi connectivity index (χ1v) is 8.09. The fourth-order valence-corrected chi connectivity index (χ4v) is 2.42. The third-order valence-corrected chi connectivity index (χ3v) is 3.59. The van der Waals surface area contributed by atoms with Crippen LogP contribution in [-0.2, 0) is 4.79 Å². The molecule has 0 radical (unpaired) electrons. The lowest BCUT2D eigenvalue weighted by atomic mass is 10.2. The van der Waals surface area contributed by atoms with Crippen molar-refractivity contribution >= 4 is 34.2 Å². The van der Waals surface area contributed by atoms with Crippen molar-refractivity contribution in [2.75, 3.05) is 11.1 Å². The van der Waals surface area contributed by atoms with Gasteiger partial charge in [0, 0.05) is 47.7 Å². The van der Waals surface area contributed by atoms with Crippen molar-refractivity contribution in [2.45, 2.75) is 6.92 Å². The zero-order valence-corrected chi connectivity index (χ0v) is 14.5. The lowest BCUT2D eigenvalue weighted by Crippen LogP contribution is -2.02. The van der Waals surface area contributed by atoms with Crippen LogP contribution in [0, 0.1) is 0 Å². The Kier molecular flexibility index (Phi) is 5.27. The van der Waals surface area contributed by atoms with Crippen LogP contribution in [0.4, 0.5) is 17.3 Å². The minimum Gasteiger partial charge on any atom is -0.481 e. The van der Waals surface area contributed by atoms with Crippen LogP contribution in [-0.4, -0.2) is 31.0 Å². The lowest BCUT2D eigenvalue weighted by Gasteiger charge is -2.10. The SMILES string of the molecule is CC(=O)O.Nc1ncc(-c2ccncc2)nc1Nc1ccc2[nH]ccc2c1. The Hall–Kier alpha value is -3.94. The van der Waals surface area contributed by atoms with E-state index in [1.807, 2.05) is 42.6 Å². The normalized spacial score (nSPS) is 10.1. The predicted octanol–water partition coefficient (Wildman–Crippen LogP) is 3.44. The first-order chi connectivity index (χ1) is 13.0.